The molecule has 1 aromatic heterocycles. The van der Waals surface area contributed by atoms with Gasteiger partial charge in [-0.2, -0.15) is 15.0 Å². The molecule has 0 aromatic carbocycles. The Bertz CT molecular complexity index is 452. The van der Waals surface area contributed by atoms with Gasteiger partial charge in [0.05, 0.1) is 24.0 Å². The number of aliphatic hydroxyl groups is 1. The van der Waals surface area contributed by atoms with Crippen LogP contribution in [-0.2, 0) is 13.1 Å². The molecular weight excluding hydrogens is 240 g/mol. The van der Waals surface area contributed by atoms with Crippen molar-refractivity contribution in [1.82, 2.24) is 19.9 Å². The number of hydrogen-bond donors (Lipinski definition) is 1. The Labute approximate surface area is 114 Å². The first-order chi connectivity index (χ1) is 9.13. The number of aliphatic hydroxyl groups excluding tert-OH is 1. The van der Waals surface area contributed by atoms with Crippen molar-refractivity contribution >= 4 is 0 Å². The van der Waals surface area contributed by atoms with Gasteiger partial charge < -0.3 is 5.11 Å². The average molecular weight is 264 g/mol. The molecule has 2 aliphatic rings. The summed E-state index contributed by atoms with van der Waals surface area (Å²) in [6.07, 6.45) is 5.47. The minimum absolute atomic E-state index is 0.107. The van der Waals surface area contributed by atoms with Gasteiger partial charge in [0.15, 0.2) is 0 Å². The highest BCUT2D eigenvalue weighted by molar-refractivity contribution is 5.10. The molecule has 5 heteroatoms. The molecule has 1 saturated carbocycles. The lowest BCUT2D eigenvalue weighted by Crippen LogP contribution is -2.58. The van der Waals surface area contributed by atoms with E-state index in [1.807, 2.05) is 6.92 Å². The summed E-state index contributed by atoms with van der Waals surface area (Å²) in [5, 5.41) is 18.9. The molecule has 19 heavy (non-hydrogen) atoms. The number of hydrogen-bond acceptors (Lipinski definition) is 4. The first-order valence-electron chi connectivity index (χ1n) is 7.47. The van der Waals surface area contributed by atoms with Crippen molar-refractivity contribution in [2.45, 2.75) is 70.7 Å². The van der Waals surface area contributed by atoms with Crippen molar-refractivity contribution in [3.63, 3.8) is 0 Å². The predicted octanol–water partition coefficient (Wildman–Crippen LogP) is 1.49. The van der Waals surface area contributed by atoms with Crippen LogP contribution in [0.2, 0.25) is 0 Å². The van der Waals surface area contributed by atoms with E-state index in [2.05, 4.69) is 22.0 Å². The molecule has 1 aliphatic carbocycles. The van der Waals surface area contributed by atoms with Crippen molar-refractivity contribution < 1.29 is 5.11 Å². The fraction of sp³-hybridized carbons (Fsp3) is 0.857. The van der Waals surface area contributed by atoms with Crippen LogP contribution in [0.4, 0.5) is 0 Å². The number of piperidine rings is 1. The molecule has 2 heterocycles. The van der Waals surface area contributed by atoms with E-state index in [4.69, 9.17) is 0 Å². The van der Waals surface area contributed by atoms with Crippen molar-refractivity contribution in [1.29, 1.82) is 0 Å². The highest BCUT2D eigenvalue weighted by atomic mass is 16.3. The van der Waals surface area contributed by atoms with E-state index >= 15 is 0 Å². The third-order valence-corrected chi connectivity index (χ3v) is 4.85. The Morgan fingerprint density at radius 1 is 1.37 bits per heavy atom. The van der Waals surface area contributed by atoms with Crippen molar-refractivity contribution in [2.24, 2.45) is 0 Å². The maximum Gasteiger partial charge on any atom is 0.0996 e. The maximum absolute atomic E-state index is 9.93. The number of rotatable bonds is 3. The second kappa shape index (κ2) is 4.87. The van der Waals surface area contributed by atoms with Gasteiger partial charge in [0.2, 0.25) is 0 Å². The van der Waals surface area contributed by atoms with Crippen molar-refractivity contribution in [2.75, 3.05) is 6.54 Å². The van der Waals surface area contributed by atoms with Crippen LogP contribution in [0, 0.1) is 6.92 Å². The first kappa shape index (κ1) is 13.1. The molecule has 1 aromatic rings. The summed E-state index contributed by atoms with van der Waals surface area (Å²) in [4.78, 5) is 4.32. The number of aromatic nitrogens is 3. The van der Waals surface area contributed by atoms with E-state index in [0.29, 0.717) is 0 Å². The Hall–Kier alpha value is -0.940. The third kappa shape index (κ3) is 2.30. The zero-order valence-electron chi connectivity index (χ0n) is 12.0. The van der Waals surface area contributed by atoms with Gasteiger partial charge in [-0.1, -0.05) is 0 Å². The molecule has 1 unspecified atom stereocenters. The van der Waals surface area contributed by atoms with Gasteiger partial charge in [0, 0.05) is 18.6 Å². The summed E-state index contributed by atoms with van der Waals surface area (Å²) in [6.45, 7) is 6.80. The molecule has 5 nitrogen and oxygen atoms in total. The minimum Gasteiger partial charge on any atom is -0.393 e. The molecule has 3 rings (SSSR count). The van der Waals surface area contributed by atoms with E-state index in [9.17, 15) is 5.11 Å². The molecule has 1 spiro atoms. The van der Waals surface area contributed by atoms with Crippen LogP contribution in [0.15, 0.2) is 0 Å². The Morgan fingerprint density at radius 3 is 2.74 bits per heavy atom. The molecule has 1 N–H and O–H groups in total. The number of likely N-dealkylation sites (tertiary alicyclic amines) is 1. The molecule has 1 aliphatic heterocycles. The fourth-order valence-electron chi connectivity index (χ4n) is 3.50. The van der Waals surface area contributed by atoms with Crippen molar-refractivity contribution in [3.8, 4) is 0 Å². The van der Waals surface area contributed by atoms with E-state index in [1.54, 1.807) is 4.80 Å². The summed E-state index contributed by atoms with van der Waals surface area (Å²) in [7, 11) is 0. The van der Waals surface area contributed by atoms with E-state index < -0.39 is 0 Å². The number of aryl methyl sites for hydroxylation is 2. The van der Waals surface area contributed by atoms with Crippen LogP contribution in [-0.4, -0.2) is 43.2 Å². The van der Waals surface area contributed by atoms with E-state index in [-0.39, 0.29) is 11.6 Å². The minimum atomic E-state index is -0.107. The van der Waals surface area contributed by atoms with E-state index in [1.165, 1.54) is 19.3 Å². The Kier molecular flexibility index (Phi) is 3.35. The topological polar surface area (TPSA) is 54.2 Å². The fourth-order valence-corrected chi connectivity index (χ4v) is 3.50. The second-order valence-corrected chi connectivity index (χ2v) is 6.07. The Morgan fingerprint density at radius 2 is 2.16 bits per heavy atom. The van der Waals surface area contributed by atoms with Gasteiger partial charge in [-0.15, -0.1) is 0 Å². The average Bonchev–Trinajstić information content (AvgIpc) is 2.70. The van der Waals surface area contributed by atoms with Gasteiger partial charge in [0.1, 0.15) is 0 Å². The molecule has 0 radical (unpaired) electrons. The molecule has 0 amide bonds. The lowest BCUT2D eigenvalue weighted by Gasteiger charge is -2.54. The summed E-state index contributed by atoms with van der Waals surface area (Å²) in [5.41, 5.74) is 2.40. The quantitative estimate of drug-likeness (QED) is 0.898. The maximum atomic E-state index is 9.93. The van der Waals surface area contributed by atoms with Gasteiger partial charge in [-0.05, 0) is 46.0 Å². The molecule has 0 bridgehead atoms. The predicted molar refractivity (Wildman–Crippen MR) is 72.7 cm³/mol. The highest BCUT2D eigenvalue weighted by Gasteiger charge is 2.46. The summed E-state index contributed by atoms with van der Waals surface area (Å²) in [5.74, 6) is 0. The Balaban J connectivity index is 1.76. The van der Waals surface area contributed by atoms with Gasteiger partial charge >= 0.3 is 0 Å². The lowest BCUT2D eigenvalue weighted by atomic mass is 9.69. The molecule has 2 fully saturated rings. The van der Waals surface area contributed by atoms with Crippen LogP contribution in [0.3, 0.4) is 0 Å². The highest BCUT2D eigenvalue weighted by Crippen LogP contribution is 2.45. The molecule has 1 atom stereocenters. The summed E-state index contributed by atoms with van der Waals surface area (Å²) >= 11 is 0. The number of nitrogens with zero attached hydrogens (tertiary/aromatic N) is 4. The lowest BCUT2D eigenvalue weighted by molar-refractivity contribution is -0.0708. The largest absolute Gasteiger partial charge is 0.393 e. The van der Waals surface area contributed by atoms with Gasteiger partial charge in [0.25, 0.3) is 0 Å². The standard InChI is InChI=1S/C14H24N4O/c1-3-18-15-11(2)13(16-18)10-17-8-5-12(19)9-14(17)6-4-7-14/h12,19H,3-10H2,1-2H3. The van der Waals surface area contributed by atoms with Crippen LogP contribution in [0.25, 0.3) is 0 Å². The summed E-state index contributed by atoms with van der Waals surface area (Å²) in [6, 6.07) is 0. The zero-order valence-corrected chi connectivity index (χ0v) is 12.0. The van der Waals surface area contributed by atoms with Crippen LogP contribution in [0.1, 0.15) is 50.4 Å². The third-order valence-electron chi connectivity index (χ3n) is 4.85. The normalized spacial score (nSPS) is 26.6. The molecular formula is C14H24N4O. The second-order valence-electron chi connectivity index (χ2n) is 6.07. The van der Waals surface area contributed by atoms with E-state index in [0.717, 1.165) is 43.9 Å². The zero-order chi connectivity index (χ0) is 13.5. The van der Waals surface area contributed by atoms with Crippen molar-refractivity contribution in [3.05, 3.63) is 11.4 Å². The summed E-state index contributed by atoms with van der Waals surface area (Å²) < 4.78 is 0. The molecule has 106 valence electrons. The van der Waals surface area contributed by atoms with Gasteiger partial charge in [-0.3, -0.25) is 4.90 Å². The molecule has 1 saturated heterocycles. The monoisotopic (exact) mass is 264 g/mol. The van der Waals surface area contributed by atoms with Crippen LogP contribution < -0.4 is 0 Å². The van der Waals surface area contributed by atoms with Crippen LogP contribution in [0.5, 0.6) is 0 Å². The SMILES string of the molecule is CCn1nc(C)c(CN2CCC(O)CC23CCC3)n1. The van der Waals surface area contributed by atoms with Gasteiger partial charge in [-0.25, -0.2) is 0 Å². The smallest absolute Gasteiger partial charge is 0.0996 e. The first-order valence-corrected chi connectivity index (χ1v) is 7.47. The van der Waals surface area contributed by atoms with Crippen LogP contribution >= 0.6 is 0 Å².